The van der Waals surface area contributed by atoms with Gasteiger partial charge in [0.25, 0.3) is 5.91 Å². The smallest absolute Gasteiger partial charge is 0.308 e. The number of carboxylic acids is 1. The van der Waals surface area contributed by atoms with Crippen LogP contribution < -0.4 is 10.1 Å². The summed E-state index contributed by atoms with van der Waals surface area (Å²) in [6.07, 6.45) is 0. The molecule has 0 saturated carbocycles. The summed E-state index contributed by atoms with van der Waals surface area (Å²) >= 11 is 0. The highest BCUT2D eigenvalue weighted by atomic mass is 16.5. The topological polar surface area (TPSA) is 115 Å². The zero-order valence-electron chi connectivity index (χ0n) is 12.8. The van der Waals surface area contributed by atoms with Crippen LogP contribution in [0.2, 0.25) is 0 Å². The molecule has 23 heavy (non-hydrogen) atoms. The molecule has 0 bridgehead atoms. The Labute approximate surface area is 132 Å². The van der Waals surface area contributed by atoms with Crippen molar-refractivity contribution in [1.29, 1.82) is 0 Å². The first-order valence-electron chi connectivity index (χ1n) is 6.98. The van der Waals surface area contributed by atoms with Crippen LogP contribution in [0.5, 0.6) is 5.75 Å². The Morgan fingerprint density at radius 1 is 1.43 bits per heavy atom. The molecule has 2 N–H and O–H groups in total. The number of ether oxygens (including phenoxy) is 1. The summed E-state index contributed by atoms with van der Waals surface area (Å²) in [6.45, 7) is 3.38. The highest BCUT2D eigenvalue weighted by Crippen LogP contribution is 2.14. The Morgan fingerprint density at radius 3 is 2.87 bits per heavy atom. The monoisotopic (exact) mass is 319 g/mol. The summed E-state index contributed by atoms with van der Waals surface area (Å²) in [5, 5.41) is 15.1. The molecule has 0 radical (unpaired) electrons. The van der Waals surface area contributed by atoms with E-state index in [1.165, 1.54) is 6.92 Å². The maximum Gasteiger partial charge on any atom is 0.308 e. The summed E-state index contributed by atoms with van der Waals surface area (Å²) in [5.74, 6) is -0.639. The number of nitrogens with zero attached hydrogens (tertiary/aromatic N) is 2. The van der Waals surface area contributed by atoms with Crippen LogP contribution >= 0.6 is 0 Å². The predicted molar refractivity (Wildman–Crippen MR) is 78.9 cm³/mol. The third-order valence-electron chi connectivity index (χ3n) is 3.02. The lowest BCUT2D eigenvalue weighted by molar-refractivity contribution is -0.140. The normalized spacial score (nSPS) is 11.7. The van der Waals surface area contributed by atoms with Crippen molar-refractivity contribution in [2.24, 2.45) is 5.92 Å². The number of aryl methyl sites for hydroxylation is 1. The molecule has 1 aromatic heterocycles. The van der Waals surface area contributed by atoms with Crippen LogP contribution in [0.1, 0.15) is 29.0 Å². The summed E-state index contributed by atoms with van der Waals surface area (Å²) < 4.78 is 10.3. The van der Waals surface area contributed by atoms with Crippen LogP contribution in [0.4, 0.5) is 0 Å². The number of benzene rings is 1. The Balaban J connectivity index is 1.93. The maximum absolute atomic E-state index is 12.0. The first kappa shape index (κ1) is 16.5. The average Bonchev–Trinajstić information content (AvgIpc) is 2.96. The lowest BCUT2D eigenvalue weighted by Gasteiger charge is -2.09. The molecule has 0 aliphatic carbocycles. The molecule has 0 aliphatic heterocycles. The van der Waals surface area contributed by atoms with E-state index in [2.05, 4.69) is 15.5 Å². The zero-order chi connectivity index (χ0) is 16.8. The summed E-state index contributed by atoms with van der Waals surface area (Å²) in [6, 6.07) is 6.55. The number of rotatable bonds is 7. The Hall–Kier alpha value is -2.90. The van der Waals surface area contributed by atoms with E-state index in [4.69, 9.17) is 14.4 Å². The molecule has 1 unspecified atom stereocenters. The van der Waals surface area contributed by atoms with Gasteiger partial charge in [0.05, 0.1) is 5.92 Å². The van der Waals surface area contributed by atoms with Crippen LogP contribution in [-0.4, -0.2) is 33.7 Å². The van der Waals surface area contributed by atoms with E-state index >= 15 is 0 Å². The predicted octanol–water partition coefficient (Wildman–Crippen LogP) is 1.41. The molecule has 2 rings (SSSR count). The van der Waals surface area contributed by atoms with Crippen molar-refractivity contribution >= 4 is 11.9 Å². The number of hydrogen-bond acceptors (Lipinski definition) is 6. The molecule has 1 heterocycles. The van der Waals surface area contributed by atoms with Gasteiger partial charge in [0.1, 0.15) is 5.75 Å². The Kier molecular flexibility index (Phi) is 5.29. The standard InChI is InChI=1S/C15H17N3O5/c1-9(15(20)21)7-16-14(19)11-4-3-5-12(6-11)22-8-13-17-10(2)23-18-13/h3-6,9H,7-8H2,1-2H3,(H,16,19)(H,20,21). The fraction of sp³-hybridized carbons (Fsp3) is 0.333. The van der Waals surface area contributed by atoms with Gasteiger partial charge < -0.3 is 19.7 Å². The molecule has 1 amide bonds. The van der Waals surface area contributed by atoms with Crippen LogP contribution in [0.15, 0.2) is 28.8 Å². The average molecular weight is 319 g/mol. The number of aliphatic carboxylic acids is 1. The molecule has 2 aromatic rings. The van der Waals surface area contributed by atoms with Crippen molar-refractivity contribution in [1.82, 2.24) is 15.5 Å². The van der Waals surface area contributed by atoms with Crippen LogP contribution in [0, 0.1) is 12.8 Å². The van der Waals surface area contributed by atoms with Gasteiger partial charge in [-0.05, 0) is 18.2 Å². The van der Waals surface area contributed by atoms with Crippen molar-refractivity contribution in [3.63, 3.8) is 0 Å². The second-order valence-electron chi connectivity index (χ2n) is 5.00. The first-order valence-corrected chi connectivity index (χ1v) is 6.98. The molecular formula is C15H17N3O5. The van der Waals surface area contributed by atoms with E-state index in [9.17, 15) is 9.59 Å². The molecule has 8 heteroatoms. The molecule has 0 spiro atoms. The Morgan fingerprint density at radius 2 is 2.22 bits per heavy atom. The SMILES string of the molecule is Cc1nc(COc2cccc(C(=O)NCC(C)C(=O)O)c2)no1. The second-order valence-corrected chi connectivity index (χ2v) is 5.00. The molecule has 0 fully saturated rings. The second kappa shape index (κ2) is 7.39. The van der Waals surface area contributed by atoms with E-state index in [0.29, 0.717) is 23.0 Å². The van der Waals surface area contributed by atoms with E-state index in [1.54, 1.807) is 31.2 Å². The lowest BCUT2D eigenvalue weighted by Crippen LogP contribution is -2.31. The van der Waals surface area contributed by atoms with Crippen molar-refractivity contribution < 1.29 is 24.0 Å². The zero-order valence-corrected chi connectivity index (χ0v) is 12.8. The lowest BCUT2D eigenvalue weighted by atomic mass is 10.1. The van der Waals surface area contributed by atoms with E-state index in [1.807, 2.05) is 0 Å². The molecule has 1 atom stereocenters. The largest absolute Gasteiger partial charge is 0.485 e. The minimum atomic E-state index is -0.960. The molecule has 122 valence electrons. The highest BCUT2D eigenvalue weighted by Gasteiger charge is 2.13. The van der Waals surface area contributed by atoms with Crippen molar-refractivity contribution in [2.45, 2.75) is 20.5 Å². The number of hydrogen-bond donors (Lipinski definition) is 2. The minimum Gasteiger partial charge on any atom is -0.485 e. The van der Waals surface area contributed by atoms with Gasteiger partial charge in [0, 0.05) is 19.0 Å². The van der Waals surface area contributed by atoms with Crippen molar-refractivity contribution in [3.8, 4) is 5.75 Å². The number of carbonyl (C=O) groups is 2. The number of carbonyl (C=O) groups excluding carboxylic acids is 1. The van der Waals surface area contributed by atoms with Crippen molar-refractivity contribution in [3.05, 3.63) is 41.5 Å². The van der Waals surface area contributed by atoms with Gasteiger partial charge in [-0.3, -0.25) is 9.59 Å². The van der Waals surface area contributed by atoms with E-state index < -0.39 is 11.9 Å². The van der Waals surface area contributed by atoms with Crippen LogP contribution in [0.3, 0.4) is 0 Å². The van der Waals surface area contributed by atoms with Gasteiger partial charge in [-0.15, -0.1) is 0 Å². The third kappa shape index (κ3) is 4.80. The van der Waals surface area contributed by atoms with Gasteiger partial charge in [-0.2, -0.15) is 4.98 Å². The Bertz CT molecular complexity index is 698. The van der Waals surface area contributed by atoms with E-state index in [0.717, 1.165) is 0 Å². The highest BCUT2D eigenvalue weighted by molar-refractivity contribution is 5.94. The van der Waals surface area contributed by atoms with E-state index in [-0.39, 0.29) is 19.1 Å². The number of aromatic nitrogens is 2. The van der Waals surface area contributed by atoms with Gasteiger partial charge in [0.2, 0.25) is 11.7 Å². The van der Waals surface area contributed by atoms with Crippen LogP contribution in [0.25, 0.3) is 0 Å². The maximum atomic E-state index is 12.0. The molecule has 0 saturated heterocycles. The van der Waals surface area contributed by atoms with Gasteiger partial charge in [-0.25, -0.2) is 0 Å². The van der Waals surface area contributed by atoms with Gasteiger partial charge in [-0.1, -0.05) is 18.1 Å². The molecule has 8 nitrogen and oxygen atoms in total. The fourth-order valence-electron chi connectivity index (χ4n) is 1.71. The van der Waals surface area contributed by atoms with Crippen LogP contribution in [-0.2, 0) is 11.4 Å². The van der Waals surface area contributed by atoms with Gasteiger partial charge >= 0.3 is 5.97 Å². The summed E-state index contributed by atoms with van der Waals surface area (Å²) in [5.41, 5.74) is 0.379. The number of nitrogens with one attached hydrogen (secondary N) is 1. The number of amides is 1. The molecular weight excluding hydrogens is 302 g/mol. The fourth-order valence-corrected chi connectivity index (χ4v) is 1.71. The van der Waals surface area contributed by atoms with Gasteiger partial charge in [0.15, 0.2) is 6.61 Å². The third-order valence-corrected chi connectivity index (χ3v) is 3.02. The molecule has 1 aromatic carbocycles. The molecule has 0 aliphatic rings. The minimum absolute atomic E-state index is 0.0569. The summed E-state index contributed by atoms with van der Waals surface area (Å²) in [7, 11) is 0. The quantitative estimate of drug-likeness (QED) is 0.792. The summed E-state index contributed by atoms with van der Waals surface area (Å²) in [4.78, 5) is 26.7. The van der Waals surface area contributed by atoms with Crippen molar-refractivity contribution in [2.75, 3.05) is 6.54 Å². The number of carboxylic acid groups (broad SMARTS) is 1. The first-order chi connectivity index (χ1) is 11.0.